The molecule has 0 spiro atoms. The molecule has 0 aliphatic carbocycles. The molecule has 1 amide bonds. The zero-order valence-corrected chi connectivity index (χ0v) is 20.3. The maximum absolute atomic E-state index is 13.0. The highest BCUT2D eigenvalue weighted by Gasteiger charge is 2.28. The molecule has 2 aromatic rings. The minimum Gasteiger partial charge on any atom is -0.438 e. The number of nitro groups is 1. The van der Waals surface area contributed by atoms with E-state index in [9.17, 15) is 23.3 Å². The van der Waals surface area contributed by atoms with Gasteiger partial charge in [-0.05, 0) is 39.2 Å². The summed E-state index contributed by atoms with van der Waals surface area (Å²) in [4.78, 5) is 22.8. The van der Waals surface area contributed by atoms with Crippen molar-refractivity contribution in [1.29, 1.82) is 0 Å². The number of ether oxygens (including phenoxy) is 2. The fourth-order valence-electron chi connectivity index (χ4n) is 3.49. The van der Waals surface area contributed by atoms with E-state index >= 15 is 0 Å². The number of benzene rings is 1. The van der Waals surface area contributed by atoms with Crippen molar-refractivity contribution in [1.82, 2.24) is 19.8 Å². The first-order valence-electron chi connectivity index (χ1n) is 11.0. The summed E-state index contributed by atoms with van der Waals surface area (Å²) in [7, 11) is -2.58. The molecule has 13 heteroatoms. The van der Waals surface area contributed by atoms with Gasteiger partial charge in [0.25, 0.3) is 11.6 Å². The van der Waals surface area contributed by atoms with Gasteiger partial charge in [0.1, 0.15) is 10.6 Å². The molecule has 2 N–H and O–H groups in total. The number of aryl methyl sites for hydroxylation is 1. The Bertz CT molecular complexity index is 1170. The fraction of sp³-hybridized carbons (Fsp3) is 0.524. The number of rotatable bonds is 10. The van der Waals surface area contributed by atoms with Crippen LogP contribution in [0.4, 0.5) is 5.69 Å². The standard InChI is InChI=1S/C21H29N5O7S/c1-5-13(2)24-34(30,31)18-11-15(26(28)29)8-9-17(18)33-21-14(3)19(23-25(21)4)20(27)22-12-16-7-6-10-32-16/h8-9,11,13,16,24H,5-7,10,12H2,1-4H3,(H,22,27)/t13-,16-/m1/s1. The van der Waals surface area contributed by atoms with E-state index in [4.69, 9.17) is 9.47 Å². The Morgan fingerprint density at radius 3 is 2.79 bits per heavy atom. The van der Waals surface area contributed by atoms with Gasteiger partial charge in [-0.25, -0.2) is 17.8 Å². The van der Waals surface area contributed by atoms with Crippen molar-refractivity contribution < 1.29 is 27.6 Å². The third-order valence-corrected chi connectivity index (χ3v) is 7.16. The number of carbonyl (C=O) groups is 1. The highest BCUT2D eigenvalue weighted by molar-refractivity contribution is 7.89. The Morgan fingerprint density at radius 2 is 2.18 bits per heavy atom. The van der Waals surface area contributed by atoms with Gasteiger partial charge in [-0.15, -0.1) is 0 Å². The second-order valence-electron chi connectivity index (χ2n) is 8.17. The minimum absolute atomic E-state index is 0.0328. The Labute approximate surface area is 197 Å². The molecule has 0 bridgehead atoms. The highest BCUT2D eigenvalue weighted by Crippen LogP contribution is 2.34. The van der Waals surface area contributed by atoms with Crippen LogP contribution in [0.1, 0.15) is 49.2 Å². The molecule has 1 aromatic heterocycles. The van der Waals surface area contributed by atoms with Crippen molar-refractivity contribution >= 4 is 21.6 Å². The number of hydrogen-bond acceptors (Lipinski definition) is 8. The molecule has 34 heavy (non-hydrogen) atoms. The molecule has 12 nitrogen and oxygen atoms in total. The van der Waals surface area contributed by atoms with Gasteiger partial charge in [-0.3, -0.25) is 14.9 Å². The summed E-state index contributed by atoms with van der Waals surface area (Å²) in [6, 6.07) is 2.92. The van der Waals surface area contributed by atoms with Gasteiger partial charge in [-0.2, -0.15) is 5.10 Å². The van der Waals surface area contributed by atoms with Crippen LogP contribution in [0.25, 0.3) is 0 Å². The summed E-state index contributed by atoms with van der Waals surface area (Å²) in [5.74, 6) is -0.400. The Balaban J connectivity index is 1.91. The van der Waals surface area contributed by atoms with Crippen LogP contribution in [0.2, 0.25) is 0 Å². The maximum atomic E-state index is 13.0. The third kappa shape index (κ3) is 5.72. The van der Waals surface area contributed by atoms with Crippen molar-refractivity contribution in [3.8, 4) is 11.6 Å². The molecule has 2 heterocycles. The Morgan fingerprint density at radius 1 is 1.44 bits per heavy atom. The monoisotopic (exact) mass is 495 g/mol. The largest absolute Gasteiger partial charge is 0.438 e. The van der Waals surface area contributed by atoms with E-state index in [1.807, 2.05) is 6.92 Å². The van der Waals surface area contributed by atoms with Gasteiger partial charge in [0.15, 0.2) is 5.69 Å². The second-order valence-corrected chi connectivity index (χ2v) is 9.85. The van der Waals surface area contributed by atoms with E-state index in [1.165, 1.54) is 10.7 Å². The minimum atomic E-state index is -4.13. The molecular weight excluding hydrogens is 466 g/mol. The van der Waals surface area contributed by atoms with Gasteiger partial charge >= 0.3 is 0 Å². The van der Waals surface area contributed by atoms with E-state index in [0.29, 0.717) is 25.1 Å². The Kier molecular flexibility index (Phi) is 7.89. The lowest BCUT2D eigenvalue weighted by atomic mass is 10.2. The number of nitrogens with one attached hydrogen (secondary N) is 2. The first-order valence-corrected chi connectivity index (χ1v) is 12.4. The van der Waals surface area contributed by atoms with Crippen LogP contribution in [0.15, 0.2) is 23.1 Å². The molecule has 0 radical (unpaired) electrons. The molecule has 1 fully saturated rings. The molecule has 1 aromatic carbocycles. The van der Waals surface area contributed by atoms with Crippen LogP contribution >= 0.6 is 0 Å². The number of carbonyl (C=O) groups excluding carboxylic acids is 1. The number of nitro benzene ring substituents is 1. The predicted molar refractivity (Wildman–Crippen MR) is 122 cm³/mol. The molecule has 186 valence electrons. The summed E-state index contributed by atoms with van der Waals surface area (Å²) in [6.07, 6.45) is 2.32. The fourth-order valence-corrected chi connectivity index (χ4v) is 4.96. The number of non-ortho nitro benzene ring substituents is 1. The van der Waals surface area contributed by atoms with E-state index < -0.39 is 32.6 Å². The lowest BCUT2D eigenvalue weighted by Crippen LogP contribution is -2.32. The van der Waals surface area contributed by atoms with Crippen molar-refractivity contribution in [2.75, 3.05) is 13.2 Å². The Hall–Kier alpha value is -3.03. The summed E-state index contributed by atoms with van der Waals surface area (Å²) in [5, 5.41) is 18.3. The molecule has 2 atom stereocenters. The lowest BCUT2D eigenvalue weighted by molar-refractivity contribution is -0.385. The lowest BCUT2D eigenvalue weighted by Gasteiger charge is -2.15. The average Bonchev–Trinajstić information content (AvgIpc) is 3.40. The van der Waals surface area contributed by atoms with E-state index in [2.05, 4.69) is 15.1 Å². The quantitative estimate of drug-likeness (QED) is 0.376. The molecule has 1 aliphatic heterocycles. The molecule has 1 saturated heterocycles. The normalized spacial score (nSPS) is 16.9. The summed E-state index contributed by atoms with van der Waals surface area (Å²) in [6.45, 7) is 6.15. The van der Waals surface area contributed by atoms with Crippen molar-refractivity contribution in [2.24, 2.45) is 7.05 Å². The van der Waals surface area contributed by atoms with Crippen molar-refractivity contribution in [3.63, 3.8) is 0 Å². The zero-order valence-electron chi connectivity index (χ0n) is 19.5. The molecule has 0 unspecified atom stereocenters. The van der Waals surface area contributed by atoms with Gasteiger partial charge in [0.2, 0.25) is 15.9 Å². The predicted octanol–water partition coefficient (Wildman–Crippen LogP) is 2.41. The number of hydrogen-bond donors (Lipinski definition) is 2. The van der Waals surface area contributed by atoms with Crippen LogP contribution < -0.4 is 14.8 Å². The number of amides is 1. The zero-order chi connectivity index (χ0) is 25.0. The first kappa shape index (κ1) is 25.6. The average molecular weight is 496 g/mol. The summed E-state index contributed by atoms with van der Waals surface area (Å²) >= 11 is 0. The highest BCUT2D eigenvalue weighted by atomic mass is 32.2. The van der Waals surface area contributed by atoms with Gasteiger partial charge in [-0.1, -0.05) is 6.92 Å². The van der Waals surface area contributed by atoms with Crippen LogP contribution in [0.5, 0.6) is 11.6 Å². The molecule has 0 saturated carbocycles. The van der Waals surface area contributed by atoms with E-state index in [0.717, 1.165) is 25.0 Å². The summed E-state index contributed by atoms with van der Waals surface area (Å²) in [5.41, 5.74) is 0.122. The summed E-state index contributed by atoms with van der Waals surface area (Å²) < 4.78 is 41.1. The number of nitrogens with zero attached hydrogens (tertiary/aromatic N) is 3. The van der Waals surface area contributed by atoms with Crippen molar-refractivity contribution in [3.05, 3.63) is 39.6 Å². The van der Waals surface area contributed by atoms with Gasteiger partial charge in [0.05, 0.1) is 11.0 Å². The van der Waals surface area contributed by atoms with Crippen LogP contribution in [-0.4, -0.2) is 54.3 Å². The molecular formula is C21H29N5O7S. The SMILES string of the molecule is CC[C@@H](C)NS(=O)(=O)c1cc([N+](=O)[O-])ccc1Oc1c(C)c(C(=O)NC[C@H]2CCCO2)nn1C. The van der Waals surface area contributed by atoms with Crippen LogP contribution in [0, 0.1) is 17.0 Å². The number of sulfonamides is 1. The van der Waals surface area contributed by atoms with Crippen LogP contribution in [-0.2, 0) is 21.8 Å². The maximum Gasteiger partial charge on any atom is 0.272 e. The smallest absolute Gasteiger partial charge is 0.272 e. The first-order chi connectivity index (χ1) is 16.0. The van der Waals surface area contributed by atoms with Crippen LogP contribution in [0.3, 0.4) is 0 Å². The van der Waals surface area contributed by atoms with Gasteiger partial charge in [0, 0.05) is 43.9 Å². The number of aromatic nitrogens is 2. The third-order valence-electron chi connectivity index (χ3n) is 5.55. The second kappa shape index (κ2) is 10.5. The van der Waals surface area contributed by atoms with Gasteiger partial charge < -0.3 is 14.8 Å². The van der Waals surface area contributed by atoms with Crippen molar-refractivity contribution in [2.45, 2.75) is 57.1 Å². The molecule has 1 aliphatic rings. The van der Waals surface area contributed by atoms with E-state index in [1.54, 1.807) is 20.9 Å². The molecule has 3 rings (SSSR count). The topological polar surface area (TPSA) is 155 Å². The van der Waals surface area contributed by atoms with E-state index in [-0.39, 0.29) is 28.3 Å².